The van der Waals surface area contributed by atoms with Crippen LogP contribution in [0.5, 0.6) is 0 Å². The van der Waals surface area contributed by atoms with Crippen LogP contribution in [0.4, 0.5) is 0 Å². The predicted octanol–water partition coefficient (Wildman–Crippen LogP) is 2.78. The molecule has 0 aromatic heterocycles. The first-order chi connectivity index (χ1) is 11.8. The van der Waals surface area contributed by atoms with Crippen molar-refractivity contribution >= 4 is 10.1 Å². The van der Waals surface area contributed by atoms with Gasteiger partial charge in [-0.1, -0.05) is 32.6 Å². The van der Waals surface area contributed by atoms with Crippen molar-refractivity contribution in [3.63, 3.8) is 0 Å². The number of quaternary nitrogens is 1. The molecular weight excluding hydrogens is 342 g/mol. The van der Waals surface area contributed by atoms with Crippen molar-refractivity contribution in [1.82, 2.24) is 0 Å². The van der Waals surface area contributed by atoms with Gasteiger partial charge < -0.3 is 18.5 Å². The molecule has 0 saturated carbocycles. The van der Waals surface area contributed by atoms with Crippen LogP contribution in [-0.4, -0.2) is 76.3 Å². The summed E-state index contributed by atoms with van der Waals surface area (Å²) < 4.78 is 44.1. The lowest BCUT2D eigenvalue weighted by Crippen LogP contribution is -2.48. The molecule has 0 aliphatic rings. The highest BCUT2D eigenvalue weighted by molar-refractivity contribution is 7.85. The van der Waals surface area contributed by atoms with E-state index in [9.17, 15) is 13.0 Å². The van der Waals surface area contributed by atoms with E-state index in [1.54, 1.807) is 0 Å². The van der Waals surface area contributed by atoms with Crippen LogP contribution < -0.4 is 0 Å². The summed E-state index contributed by atoms with van der Waals surface area (Å²) in [5.74, 6) is -0.275. The standard InChI is InChI=1S/C18H39NO5S/c1-4-6-7-8-9-10-12-19(3,13-11-18-25(20,21)22)14-15-24-17-16-23-5-2/h4-18H2,1-3H3. The molecular formula is C18H39NO5S. The van der Waals surface area contributed by atoms with Gasteiger partial charge >= 0.3 is 0 Å². The molecule has 0 heterocycles. The maximum Gasteiger partial charge on any atom is 0.102 e. The quantitative estimate of drug-likeness (QED) is 0.207. The highest BCUT2D eigenvalue weighted by Gasteiger charge is 2.21. The van der Waals surface area contributed by atoms with Gasteiger partial charge in [0.15, 0.2) is 0 Å². The van der Waals surface area contributed by atoms with Gasteiger partial charge in [-0.25, -0.2) is 8.42 Å². The summed E-state index contributed by atoms with van der Waals surface area (Å²) in [6.45, 7) is 9.21. The van der Waals surface area contributed by atoms with Crippen LogP contribution in [0.2, 0.25) is 0 Å². The molecule has 0 fully saturated rings. The summed E-state index contributed by atoms with van der Waals surface area (Å²) in [6.07, 6.45) is 7.83. The van der Waals surface area contributed by atoms with E-state index in [1.165, 1.54) is 32.1 Å². The van der Waals surface area contributed by atoms with E-state index >= 15 is 0 Å². The Kier molecular flexibility index (Phi) is 14.8. The number of hydrogen-bond acceptors (Lipinski definition) is 5. The second-order valence-corrected chi connectivity index (χ2v) is 8.51. The third-order valence-electron chi connectivity index (χ3n) is 4.50. The Labute approximate surface area is 155 Å². The van der Waals surface area contributed by atoms with Gasteiger partial charge in [0.2, 0.25) is 0 Å². The molecule has 6 nitrogen and oxygen atoms in total. The van der Waals surface area contributed by atoms with Gasteiger partial charge in [-0.05, 0) is 19.8 Å². The van der Waals surface area contributed by atoms with Crippen molar-refractivity contribution in [2.24, 2.45) is 0 Å². The fourth-order valence-corrected chi connectivity index (χ4v) is 3.36. The minimum atomic E-state index is -4.13. The largest absolute Gasteiger partial charge is 0.748 e. The highest BCUT2D eigenvalue weighted by Crippen LogP contribution is 2.11. The second-order valence-electron chi connectivity index (χ2n) is 6.98. The summed E-state index contributed by atoms with van der Waals surface area (Å²) in [5.41, 5.74) is 0. The Balaban J connectivity index is 4.18. The van der Waals surface area contributed by atoms with Crippen LogP contribution in [0.3, 0.4) is 0 Å². The van der Waals surface area contributed by atoms with Crippen molar-refractivity contribution in [2.45, 2.75) is 58.8 Å². The lowest BCUT2D eigenvalue weighted by atomic mass is 10.1. The van der Waals surface area contributed by atoms with Crippen molar-refractivity contribution < 1.29 is 26.9 Å². The van der Waals surface area contributed by atoms with Gasteiger partial charge in [-0.15, -0.1) is 0 Å². The van der Waals surface area contributed by atoms with E-state index in [2.05, 4.69) is 14.0 Å². The topological polar surface area (TPSA) is 75.7 Å². The monoisotopic (exact) mass is 381 g/mol. The van der Waals surface area contributed by atoms with Crippen LogP contribution >= 0.6 is 0 Å². The molecule has 0 aromatic rings. The second kappa shape index (κ2) is 14.9. The Morgan fingerprint density at radius 1 is 0.800 bits per heavy atom. The first-order valence-corrected chi connectivity index (χ1v) is 11.3. The van der Waals surface area contributed by atoms with E-state index in [1.807, 2.05) is 6.92 Å². The Morgan fingerprint density at radius 3 is 2.04 bits per heavy atom. The van der Waals surface area contributed by atoms with Gasteiger partial charge in [-0.3, -0.25) is 0 Å². The van der Waals surface area contributed by atoms with Crippen molar-refractivity contribution in [2.75, 3.05) is 58.9 Å². The third kappa shape index (κ3) is 17.0. The molecule has 0 amide bonds. The molecule has 7 heteroatoms. The molecule has 0 N–H and O–H groups in total. The summed E-state index contributed by atoms with van der Waals surface area (Å²) >= 11 is 0. The van der Waals surface area contributed by atoms with Gasteiger partial charge in [0.25, 0.3) is 0 Å². The first-order valence-electron chi connectivity index (χ1n) is 9.75. The van der Waals surface area contributed by atoms with E-state index in [4.69, 9.17) is 9.47 Å². The molecule has 0 bridgehead atoms. The van der Waals surface area contributed by atoms with E-state index in [0.29, 0.717) is 39.4 Å². The zero-order valence-electron chi connectivity index (χ0n) is 16.5. The Bertz CT molecular complexity index is 384. The molecule has 0 saturated heterocycles. The van der Waals surface area contributed by atoms with E-state index in [0.717, 1.165) is 24.0 Å². The molecule has 0 spiro atoms. The highest BCUT2D eigenvalue weighted by atomic mass is 32.2. The van der Waals surface area contributed by atoms with Gasteiger partial charge in [0.1, 0.15) is 6.54 Å². The van der Waals surface area contributed by atoms with Crippen LogP contribution in [0.1, 0.15) is 58.8 Å². The Morgan fingerprint density at radius 2 is 1.40 bits per heavy atom. The fourth-order valence-electron chi connectivity index (χ4n) is 2.88. The normalized spacial score (nSPS) is 14.6. The number of rotatable bonds is 18. The van der Waals surface area contributed by atoms with Gasteiger partial charge in [0, 0.05) is 18.8 Å². The Hall–Kier alpha value is -0.210. The van der Waals surface area contributed by atoms with Crippen LogP contribution in [0.25, 0.3) is 0 Å². The summed E-state index contributed by atoms with van der Waals surface area (Å²) in [4.78, 5) is 0. The van der Waals surface area contributed by atoms with Crippen LogP contribution in [0.15, 0.2) is 0 Å². The molecule has 0 aliphatic heterocycles. The lowest BCUT2D eigenvalue weighted by Gasteiger charge is -2.35. The molecule has 0 rings (SSSR count). The van der Waals surface area contributed by atoms with Crippen LogP contribution in [0, 0.1) is 0 Å². The average Bonchev–Trinajstić information content (AvgIpc) is 2.53. The molecule has 0 aliphatic carbocycles. The smallest absolute Gasteiger partial charge is 0.102 e. The molecule has 0 radical (unpaired) electrons. The zero-order chi connectivity index (χ0) is 19.0. The van der Waals surface area contributed by atoms with E-state index < -0.39 is 10.1 Å². The first kappa shape index (κ1) is 24.8. The number of unbranched alkanes of at least 4 members (excludes halogenated alkanes) is 5. The molecule has 152 valence electrons. The SMILES string of the molecule is CCCCCCCC[N+](C)(CCCS(=O)(=O)[O-])CCOCCOCC. The fraction of sp³-hybridized carbons (Fsp3) is 1.00. The zero-order valence-corrected chi connectivity index (χ0v) is 17.3. The summed E-state index contributed by atoms with van der Waals surface area (Å²) in [6, 6.07) is 0. The molecule has 25 heavy (non-hydrogen) atoms. The number of nitrogens with zero attached hydrogens (tertiary/aromatic N) is 1. The van der Waals surface area contributed by atoms with Gasteiger partial charge in [-0.2, -0.15) is 0 Å². The minimum Gasteiger partial charge on any atom is -0.748 e. The van der Waals surface area contributed by atoms with Crippen LogP contribution in [-0.2, 0) is 19.6 Å². The van der Waals surface area contributed by atoms with Crippen molar-refractivity contribution in [3.8, 4) is 0 Å². The number of ether oxygens (including phenoxy) is 2. The maximum atomic E-state index is 10.8. The summed E-state index contributed by atoms with van der Waals surface area (Å²) in [7, 11) is -1.99. The predicted molar refractivity (Wildman–Crippen MR) is 101 cm³/mol. The number of hydrogen-bond donors (Lipinski definition) is 0. The lowest BCUT2D eigenvalue weighted by molar-refractivity contribution is -0.910. The summed E-state index contributed by atoms with van der Waals surface area (Å²) in [5, 5.41) is 0. The average molecular weight is 382 g/mol. The maximum absolute atomic E-state index is 10.8. The molecule has 1 atom stereocenters. The van der Waals surface area contributed by atoms with Gasteiger partial charge in [0.05, 0.1) is 50.1 Å². The molecule has 0 aromatic carbocycles. The third-order valence-corrected chi connectivity index (χ3v) is 5.28. The van der Waals surface area contributed by atoms with E-state index in [-0.39, 0.29) is 5.75 Å². The van der Waals surface area contributed by atoms with Crippen molar-refractivity contribution in [3.05, 3.63) is 0 Å². The van der Waals surface area contributed by atoms with Crippen molar-refractivity contribution in [1.29, 1.82) is 0 Å². The minimum absolute atomic E-state index is 0.275. The molecule has 1 unspecified atom stereocenters. The number of likely N-dealkylation sites (N-methyl/N-ethyl adjacent to an activating group) is 1.